The summed E-state index contributed by atoms with van der Waals surface area (Å²) in [5.74, 6) is -2.02. The molecule has 2 heterocycles. The summed E-state index contributed by atoms with van der Waals surface area (Å²) in [5, 5.41) is 11.0. The Morgan fingerprint density at radius 1 is 0.970 bits per heavy atom. The Balaban J connectivity index is 1.83. The number of rotatable bonds is 4. The molecule has 1 saturated heterocycles. The Kier molecular flexibility index (Phi) is 5.49. The predicted molar refractivity (Wildman–Crippen MR) is 113 cm³/mol. The molecule has 1 aliphatic rings. The zero-order chi connectivity index (χ0) is 23.9. The minimum Gasteiger partial charge on any atom is -0.507 e. The molecule has 0 saturated carbocycles. The van der Waals surface area contributed by atoms with Crippen LogP contribution in [0.3, 0.4) is 0 Å². The van der Waals surface area contributed by atoms with E-state index in [-0.39, 0.29) is 22.8 Å². The van der Waals surface area contributed by atoms with Gasteiger partial charge in [-0.1, -0.05) is 29.8 Å². The molecule has 0 bridgehead atoms. The first kappa shape index (κ1) is 22.2. The standard InChI is InChI=1S/C24H18F3NO5/c1-13-3-6-15(7-4-13)21(29)19-20(18-12-5-14(2)32-18)28(23(31)22(19)30)16-8-10-17(11-9-16)33-24(25,26)27/h3-12,20,29H,1-2H3/b21-19-. The summed E-state index contributed by atoms with van der Waals surface area (Å²) in [7, 11) is 0. The van der Waals surface area contributed by atoms with Gasteiger partial charge in [0.05, 0.1) is 5.57 Å². The third kappa shape index (κ3) is 4.34. The summed E-state index contributed by atoms with van der Waals surface area (Å²) in [6, 6.07) is 13.3. The van der Waals surface area contributed by atoms with Crippen LogP contribution in [0.4, 0.5) is 18.9 Å². The maximum atomic E-state index is 13.0. The number of halogens is 3. The Hall–Kier alpha value is -4.01. The first-order valence-corrected chi connectivity index (χ1v) is 9.85. The minimum absolute atomic E-state index is 0.133. The van der Waals surface area contributed by atoms with Crippen LogP contribution < -0.4 is 9.64 Å². The number of nitrogens with zero attached hydrogens (tertiary/aromatic N) is 1. The molecule has 1 unspecified atom stereocenters. The third-order valence-electron chi connectivity index (χ3n) is 5.15. The van der Waals surface area contributed by atoms with E-state index in [0.29, 0.717) is 11.3 Å². The fourth-order valence-corrected chi connectivity index (χ4v) is 3.64. The lowest BCUT2D eigenvalue weighted by Crippen LogP contribution is -2.29. The number of aliphatic hydroxyl groups is 1. The molecule has 6 nitrogen and oxygen atoms in total. The van der Waals surface area contributed by atoms with Gasteiger partial charge in [-0.05, 0) is 50.2 Å². The van der Waals surface area contributed by atoms with Crippen molar-refractivity contribution in [1.29, 1.82) is 0 Å². The monoisotopic (exact) mass is 457 g/mol. The van der Waals surface area contributed by atoms with Crippen LogP contribution in [0.5, 0.6) is 5.75 Å². The largest absolute Gasteiger partial charge is 0.573 e. The number of aliphatic hydroxyl groups excluding tert-OH is 1. The van der Waals surface area contributed by atoms with Crippen molar-refractivity contribution in [2.24, 2.45) is 0 Å². The molecule has 33 heavy (non-hydrogen) atoms. The summed E-state index contributed by atoms with van der Waals surface area (Å²) in [5.41, 5.74) is 1.22. The van der Waals surface area contributed by atoms with E-state index in [1.54, 1.807) is 43.3 Å². The first-order chi connectivity index (χ1) is 15.5. The van der Waals surface area contributed by atoms with Crippen LogP contribution in [-0.2, 0) is 9.59 Å². The number of carbonyl (C=O) groups excluding carboxylic acids is 2. The number of hydrogen-bond donors (Lipinski definition) is 1. The van der Waals surface area contributed by atoms with E-state index in [2.05, 4.69) is 4.74 Å². The fraction of sp³-hybridized carbons (Fsp3) is 0.167. The summed E-state index contributed by atoms with van der Waals surface area (Å²) in [6.45, 7) is 3.54. The second-order valence-corrected chi connectivity index (χ2v) is 7.53. The average molecular weight is 457 g/mol. The fourth-order valence-electron chi connectivity index (χ4n) is 3.64. The van der Waals surface area contributed by atoms with Gasteiger partial charge in [0.1, 0.15) is 29.1 Å². The molecule has 0 radical (unpaired) electrons. The van der Waals surface area contributed by atoms with Crippen molar-refractivity contribution in [2.45, 2.75) is 26.3 Å². The van der Waals surface area contributed by atoms with Gasteiger partial charge in [-0.15, -0.1) is 13.2 Å². The molecule has 1 aromatic heterocycles. The van der Waals surface area contributed by atoms with Gasteiger partial charge in [-0.2, -0.15) is 0 Å². The normalized spacial score (nSPS) is 18.1. The zero-order valence-corrected chi connectivity index (χ0v) is 17.5. The number of anilines is 1. The second kappa shape index (κ2) is 8.16. The molecule has 1 N–H and O–H groups in total. The van der Waals surface area contributed by atoms with Crippen molar-refractivity contribution < 1.29 is 37.0 Å². The number of ether oxygens (including phenoxy) is 1. The maximum absolute atomic E-state index is 13.0. The van der Waals surface area contributed by atoms with E-state index in [1.165, 1.54) is 12.1 Å². The van der Waals surface area contributed by atoms with Gasteiger partial charge in [-0.3, -0.25) is 14.5 Å². The van der Waals surface area contributed by atoms with Gasteiger partial charge in [-0.25, -0.2) is 0 Å². The lowest BCUT2D eigenvalue weighted by Gasteiger charge is -2.23. The summed E-state index contributed by atoms with van der Waals surface area (Å²) < 4.78 is 47.0. The number of carbonyl (C=O) groups is 2. The predicted octanol–water partition coefficient (Wildman–Crippen LogP) is 5.42. The Bertz CT molecular complexity index is 1240. The van der Waals surface area contributed by atoms with Gasteiger partial charge < -0.3 is 14.3 Å². The smallest absolute Gasteiger partial charge is 0.507 e. The number of hydrogen-bond acceptors (Lipinski definition) is 5. The van der Waals surface area contributed by atoms with Crippen molar-refractivity contribution in [3.05, 3.63) is 88.9 Å². The van der Waals surface area contributed by atoms with Crippen LogP contribution in [0.2, 0.25) is 0 Å². The van der Waals surface area contributed by atoms with E-state index in [9.17, 15) is 27.9 Å². The number of benzene rings is 2. The number of aryl methyl sites for hydroxylation is 2. The summed E-state index contributed by atoms with van der Waals surface area (Å²) in [4.78, 5) is 27.1. The molecule has 1 aliphatic heterocycles. The molecule has 9 heteroatoms. The van der Waals surface area contributed by atoms with Gasteiger partial charge >= 0.3 is 6.36 Å². The van der Waals surface area contributed by atoms with Crippen LogP contribution in [0, 0.1) is 13.8 Å². The highest BCUT2D eigenvalue weighted by Crippen LogP contribution is 2.43. The van der Waals surface area contributed by atoms with Crippen molar-refractivity contribution in [2.75, 3.05) is 4.90 Å². The van der Waals surface area contributed by atoms with Gasteiger partial charge in [0.25, 0.3) is 11.7 Å². The Morgan fingerprint density at radius 3 is 2.15 bits per heavy atom. The number of Topliss-reactive ketones (excluding diaryl/α,β-unsaturated/α-hetero) is 1. The number of alkyl halides is 3. The van der Waals surface area contributed by atoms with E-state index in [4.69, 9.17) is 4.42 Å². The first-order valence-electron chi connectivity index (χ1n) is 9.85. The Labute approximate surface area is 186 Å². The molecular formula is C24H18F3NO5. The SMILES string of the molecule is Cc1ccc(/C(O)=C2/C(=O)C(=O)N(c3ccc(OC(F)(F)F)cc3)C2c2ccc(C)o2)cc1. The van der Waals surface area contributed by atoms with Gasteiger partial charge in [0, 0.05) is 11.3 Å². The molecule has 4 rings (SSSR count). The number of ketones is 1. The minimum atomic E-state index is -4.87. The van der Waals surface area contributed by atoms with Crippen molar-refractivity contribution in [3.63, 3.8) is 0 Å². The van der Waals surface area contributed by atoms with Crippen LogP contribution in [0.1, 0.15) is 28.7 Å². The van der Waals surface area contributed by atoms with Crippen LogP contribution in [-0.4, -0.2) is 23.2 Å². The van der Waals surface area contributed by atoms with Crippen molar-refractivity contribution in [1.82, 2.24) is 0 Å². The molecule has 1 atom stereocenters. The van der Waals surface area contributed by atoms with Gasteiger partial charge in [0.2, 0.25) is 0 Å². The lowest BCUT2D eigenvalue weighted by molar-refractivity contribution is -0.274. The third-order valence-corrected chi connectivity index (χ3v) is 5.15. The van der Waals surface area contributed by atoms with E-state index in [0.717, 1.165) is 22.6 Å². The van der Waals surface area contributed by atoms with Crippen LogP contribution >= 0.6 is 0 Å². The number of furan rings is 1. The second-order valence-electron chi connectivity index (χ2n) is 7.53. The lowest BCUT2D eigenvalue weighted by atomic mass is 9.98. The molecular weight excluding hydrogens is 439 g/mol. The van der Waals surface area contributed by atoms with E-state index in [1.807, 2.05) is 6.92 Å². The quantitative estimate of drug-likeness (QED) is 0.321. The average Bonchev–Trinajstić information content (AvgIpc) is 3.29. The van der Waals surface area contributed by atoms with Gasteiger partial charge in [0.15, 0.2) is 0 Å². The molecule has 2 aromatic carbocycles. The van der Waals surface area contributed by atoms with E-state index >= 15 is 0 Å². The summed E-state index contributed by atoms with van der Waals surface area (Å²) in [6.07, 6.45) is -4.87. The topological polar surface area (TPSA) is 80.0 Å². The van der Waals surface area contributed by atoms with Crippen LogP contribution in [0.25, 0.3) is 5.76 Å². The number of amides is 1. The molecule has 1 fully saturated rings. The maximum Gasteiger partial charge on any atom is 0.573 e. The summed E-state index contributed by atoms with van der Waals surface area (Å²) >= 11 is 0. The Morgan fingerprint density at radius 2 is 1.61 bits per heavy atom. The van der Waals surface area contributed by atoms with Crippen LogP contribution in [0.15, 0.2) is 70.7 Å². The zero-order valence-electron chi connectivity index (χ0n) is 17.5. The molecule has 3 aromatic rings. The molecule has 170 valence electrons. The highest BCUT2D eigenvalue weighted by atomic mass is 19.4. The van der Waals surface area contributed by atoms with E-state index < -0.39 is 29.8 Å². The van der Waals surface area contributed by atoms with Crippen molar-refractivity contribution in [3.8, 4) is 5.75 Å². The molecule has 0 aliphatic carbocycles. The molecule has 0 spiro atoms. The molecule has 1 amide bonds. The highest BCUT2D eigenvalue weighted by Gasteiger charge is 2.48. The highest BCUT2D eigenvalue weighted by molar-refractivity contribution is 6.51. The van der Waals surface area contributed by atoms with Crippen molar-refractivity contribution >= 4 is 23.1 Å².